The highest BCUT2D eigenvalue weighted by Crippen LogP contribution is 2.28. The third-order valence-corrected chi connectivity index (χ3v) is 6.73. The molecule has 0 saturated carbocycles. The lowest BCUT2D eigenvalue weighted by molar-refractivity contribution is -0.132. The average molecular weight is 413 g/mol. The summed E-state index contributed by atoms with van der Waals surface area (Å²) in [6.45, 7) is 5.81. The molecule has 0 spiro atoms. The third-order valence-electron chi connectivity index (χ3n) is 6.73. The molecule has 0 atom stereocenters. The molecule has 31 heavy (non-hydrogen) atoms. The quantitative estimate of drug-likeness (QED) is 0.482. The van der Waals surface area contributed by atoms with Crippen LogP contribution in [0.1, 0.15) is 47.7 Å². The predicted octanol–water partition coefficient (Wildman–Crippen LogP) is 4.84. The number of rotatable bonds is 4. The van der Waals surface area contributed by atoms with Gasteiger partial charge < -0.3 is 4.90 Å². The Morgan fingerprint density at radius 2 is 1.71 bits per heavy atom. The van der Waals surface area contributed by atoms with E-state index in [9.17, 15) is 4.79 Å². The molecule has 2 aromatic carbocycles. The molecule has 0 unspecified atom stereocenters. The van der Waals surface area contributed by atoms with Crippen LogP contribution in [-0.4, -0.2) is 38.5 Å². The van der Waals surface area contributed by atoms with Crippen LogP contribution in [-0.2, 0) is 11.2 Å². The fourth-order valence-electron chi connectivity index (χ4n) is 4.92. The molecule has 0 bridgehead atoms. The van der Waals surface area contributed by atoms with Gasteiger partial charge in [-0.25, -0.2) is 9.50 Å². The monoisotopic (exact) mass is 412 g/mol. The van der Waals surface area contributed by atoms with Crippen molar-refractivity contribution in [2.75, 3.05) is 13.1 Å². The third kappa shape index (κ3) is 3.69. The molecule has 1 aliphatic heterocycles. The molecule has 5 rings (SSSR count). The van der Waals surface area contributed by atoms with Crippen molar-refractivity contribution in [3.63, 3.8) is 0 Å². The number of hydrogen-bond acceptors (Lipinski definition) is 3. The lowest BCUT2D eigenvalue weighted by Gasteiger charge is -2.32. The van der Waals surface area contributed by atoms with E-state index in [1.807, 2.05) is 34.5 Å². The summed E-state index contributed by atoms with van der Waals surface area (Å²) < 4.78 is 1.93. The maximum absolute atomic E-state index is 12.9. The van der Waals surface area contributed by atoms with Gasteiger partial charge in [0.1, 0.15) is 0 Å². The Bertz CT molecular complexity index is 1240. The van der Waals surface area contributed by atoms with Crippen molar-refractivity contribution < 1.29 is 4.79 Å². The van der Waals surface area contributed by atoms with E-state index >= 15 is 0 Å². The maximum Gasteiger partial charge on any atom is 0.222 e. The van der Waals surface area contributed by atoms with Gasteiger partial charge in [-0.1, -0.05) is 42.5 Å². The first-order valence-electron chi connectivity index (χ1n) is 11.2. The molecule has 1 saturated heterocycles. The summed E-state index contributed by atoms with van der Waals surface area (Å²) >= 11 is 0. The van der Waals surface area contributed by atoms with E-state index in [1.165, 1.54) is 5.56 Å². The summed E-state index contributed by atoms with van der Waals surface area (Å²) in [5.74, 6) is 0.811. The Morgan fingerprint density at radius 3 is 2.48 bits per heavy atom. The van der Waals surface area contributed by atoms with Crippen LogP contribution < -0.4 is 0 Å². The summed E-state index contributed by atoms with van der Waals surface area (Å²) in [4.78, 5) is 19.8. The molecular formula is C26H28N4O. The zero-order valence-electron chi connectivity index (χ0n) is 18.2. The lowest BCUT2D eigenvalue weighted by atomic mass is 9.89. The van der Waals surface area contributed by atoms with Gasteiger partial charge >= 0.3 is 0 Å². The second kappa shape index (κ2) is 8.14. The van der Waals surface area contributed by atoms with E-state index < -0.39 is 0 Å². The highest BCUT2D eigenvalue weighted by molar-refractivity contribution is 5.92. The second-order valence-corrected chi connectivity index (χ2v) is 8.58. The van der Waals surface area contributed by atoms with Crippen LogP contribution in [0.3, 0.4) is 0 Å². The van der Waals surface area contributed by atoms with E-state index in [-0.39, 0.29) is 5.91 Å². The summed E-state index contributed by atoms with van der Waals surface area (Å²) in [5.41, 5.74) is 6.44. The molecule has 1 amide bonds. The van der Waals surface area contributed by atoms with Crippen LogP contribution in [0.4, 0.5) is 0 Å². The van der Waals surface area contributed by atoms with Gasteiger partial charge in [0.25, 0.3) is 0 Å². The molecule has 5 heteroatoms. The Hall–Kier alpha value is -3.21. The lowest BCUT2D eigenvalue weighted by Crippen LogP contribution is -2.38. The van der Waals surface area contributed by atoms with Crippen LogP contribution in [0.2, 0.25) is 0 Å². The van der Waals surface area contributed by atoms with Gasteiger partial charge in [-0.15, -0.1) is 0 Å². The number of nitrogens with zero attached hydrogens (tertiary/aromatic N) is 4. The standard InChI is InChI=1S/C26H28N4O/c1-18-22(19(2)30-26(27-18)23-10-6-7-11-24(23)28-30)12-13-25(31)29-16-14-21(15-17-29)20-8-4-3-5-9-20/h3-11,21H,12-17H2,1-2H3. The van der Waals surface area contributed by atoms with Crippen molar-refractivity contribution in [2.45, 2.75) is 45.4 Å². The zero-order chi connectivity index (χ0) is 21.4. The fourth-order valence-corrected chi connectivity index (χ4v) is 4.92. The molecule has 4 aromatic rings. The number of piperidine rings is 1. The van der Waals surface area contributed by atoms with Crippen LogP contribution in [0.5, 0.6) is 0 Å². The maximum atomic E-state index is 12.9. The molecule has 3 heterocycles. The number of carbonyl (C=O) groups excluding carboxylic acids is 1. The number of likely N-dealkylation sites (tertiary alicyclic amines) is 1. The van der Waals surface area contributed by atoms with Crippen molar-refractivity contribution in [1.82, 2.24) is 19.5 Å². The summed E-state index contributed by atoms with van der Waals surface area (Å²) in [6, 6.07) is 18.8. The van der Waals surface area contributed by atoms with Crippen LogP contribution >= 0.6 is 0 Å². The summed E-state index contributed by atoms with van der Waals surface area (Å²) in [7, 11) is 0. The summed E-state index contributed by atoms with van der Waals surface area (Å²) in [6.07, 6.45) is 3.31. The normalized spacial score (nSPS) is 15.1. The minimum atomic E-state index is 0.246. The zero-order valence-corrected chi connectivity index (χ0v) is 18.2. The van der Waals surface area contributed by atoms with Gasteiger partial charge in [-0.05, 0) is 62.3 Å². The van der Waals surface area contributed by atoms with E-state index in [0.29, 0.717) is 18.8 Å². The number of amides is 1. The number of hydrogen-bond donors (Lipinski definition) is 0. The number of aryl methyl sites for hydroxylation is 2. The van der Waals surface area contributed by atoms with E-state index in [4.69, 9.17) is 10.1 Å². The molecular weight excluding hydrogens is 384 g/mol. The van der Waals surface area contributed by atoms with Gasteiger partial charge in [-0.3, -0.25) is 4.79 Å². The van der Waals surface area contributed by atoms with Crippen molar-refractivity contribution >= 4 is 22.5 Å². The molecule has 0 N–H and O–H groups in total. The van der Waals surface area contributed by atoms with Crippen LogP contribution in [0.25, 0.3) is 16.6 Å². The Labute approximate surface area is 182 Å². The van der Waals surface area contributed by atoms with Crippen molar-refractivity contribution in [3.05, 3.63) is 77.1 Å². The van der Waals surface area contributed by atoms with Gasteiger partial charge in [0.2, 0.25) is 5.91 Å². The first-order chi connectivity index (χ1) is 15.1. The molecule has 0 aliphatic carbocycles. The van der Waals surface area contributed by atoms with Crippen LogP contribution in [0.15, 0.2) is 54.6 Å². The molecule has 0 radical (unpaired) electrons. The van der Waals surface area contributed by atoms with Crippen molar-refractivity contribution in [2.24, 2.45) is 0 Å². The second-order valence-electron chi connectivity index (χ2n) is 8.58. The molecule has 5 nitrogen and oxygen atoms in total. The highest BCUT2D eigenvalue weighted by atomic mass is 16.2. The van der Waals surface area contributed by atoms with Crippen molar-refractivity contribution in [3.8, 4) is 0 Å². The van der Waals surface area contributed by atoms with E-state index in [1.54, 1.807) is 0 Å². The van der Waals surface area contributed by atoms with Gasteiger partial charge in [0.05, 0.1) is 5.52 Å². The molecule has 1 fully saturated rings. The Balaban J connectivity index is 1.28. The number of fused-ring (bicyclic) bond motifs is 3. The molecule has 2 aromatic heterocycles. The molecule has 158 valence electrons. The van der Waals surface area contributed by atoms with Crippen molar-refractivity contribution in [1.29, 1.82) is 0 Å². The van der Waals surface area contributed by atoms with Gasteiger partial charge in [0, 0.05) is 36.3 Å². The van der Waals surface area contributed by atoms with Gasteiger partial charge in [-0.2, -0.15) is 5.10 Å². The average Bonchev–Trinajstić information content (AvgIpc) is 3.18. The number of carbonyl (C=O) groups is 1. The minimum Gasteiger partial charge on any atom is -0.343 e. The minimum absolute atomic E-state index is 0.246. The fraction of sp³-hybridized carbons (Fsp3) is 0.346. The number of benzene rings is 2. The number of aromatic nitrogens is 3. The first-order valence-corrected chi connectivity index (χ1v) is 11.2. The summed E-state index contributed by atoms with van der Waals surface area (Å²) in [5, 5.41) is 5.80. The topological polar surface area (TPSA) is 50.5 Å². The van der Waals surface area contributed by atoms with Crippen LogP contribution in [0, 0.1) is 13.8 Å². The molecule has 1 aliphatic rings. The smallest absolute Gasteiger partial charge is 0.222 e. The first kappa shape index (κ1) is 19.7. The SMILES string of the molecule is Cc1nc2c3ccccc3nn2c(C)c1CCC(=O)N1CCC(c2ccccc2)CC1. The van der Waals surface area contributed by atoms with E-state index in [0.717, 1.165) is 59.4 Å². The highest BCUT2D eigenvalue weighted by Gasteiger charge is 2.24. The largest absolute Gasteiger partial charge is 0.343 e. The van der Waals surface area contributed by atoms with E-state index in [2.05, 4.69) is 43.3 Å². The Kier molecular flexibility index (Phi) is 5.18. The Morgan fingerprint density at radius 1 is 1.00 bits per heavy atom. The predicted molar refractivity (Wildman–Crippen MR) is 123 cm³/mol. The van der Waals surface area contributed by atoms with Gasteiger partial charge in [0.15, 0.2) is 5.65 Å².